The van der Waals surface area contributed by atoms with Crippen LogP contribution in [0.25, 0.3) is 6.08 Å². The Labute approximate surface area is 128 Å². The Morgan fingerprint density at radius 2 is 2.27 bits per heavy atom. The van der Waals surface area contributed by atoms with Crippen molar-refractivity contribution in [1.29, 1.82) is 0 Å². The Morgan fingerprint density at radius 1 is 1.41 bits per heavy atom. The van der Waals surface area contributed by atoms with Gasteiger partial charge in [-0.25, -0.2) is 0 Å². The SMILES string of the molecule is C=C(C)COc1ccc2c(c1)O/C(=C\c1cccnc1)C2=O. The van der Waals surface area contributed by atoms with Crippen LogP contribution in [-0.2, 0) is 0 Å². The fourth-order valence-corrected chi connectivity index (χ4v) is 2.08. The van der Waals surface area contributed by atoms with Gasteiger partial charge in [0.1, 0.15) is 18.1 Å². The van der Waals surface area contributed by atoms with Gasteiger partial charge in [0.25, 0.3) is 0 Å². The standard InChI is InChI=1S/C18H15NO3/c1-12(2)11-21-14-5-6-15-16(9-14)22-17(18(15)20)8-13-4-3-7-19-10-13/h3-10H,1,11H2,2H3/b17-8-. The smallest absolute Gasteiger partial charge is 0.231 e. The lowest BCUT2D eigenvalue weighted by Gasteiger charge is -2.06. The molecular formula is C18H15NO3. The van der Waals surface area contributed by atoms with Crippen molar-refractivity contribution in [3.8, 4) is 11.5 Å². The van der Waals surface area contributed by atoms with Crippen LogP contribution in [0.5, 0.6) is 11.5 Å². The molecule has 0 saturated heterocycles. The number of hydrogen-bond acceptors (Lipinski definition) is 4. The summed E-state index contributed by atoms with van der Waals surface area (Å²) in [5.41, 5.74) is 2.28. The van der Waals surface area contributed by atoms with Crippen molar-refractivity contribution in [3.63, 3.8) is 0 Å². The van der Waals surface area contributed by atoms with Gasteiger partial charge < -0.3 is 9.47 Å². The van der Waals surface area contributed by atoms with Gasteiger partial charge in [-0.1, -0.05) is 12.6 Å². The Hall–Kier alpha value is -2.88. The topological polar surface area (TPSA) is 48.4 Å². The molecule has 0 N–H and O–H groups in total. The maximum absolute atomic E-state index is 12.3. The quantitative estimate of drug-likeness (QED) is 0.637. The monoisotopic (exact) mass is 293 g/mol. The van der Waals surface area contributed by atoms with Crippen molar-refractivity contribution in [1.82, 2.24) is 4.98 Å². The number of carbonyl (C=O) groups excluding carboxylic acids is 1. The first-order valence-electron chi connectivity index (χ1n) is 6.89. The minimum Gasteiger partial charge on any atom is -0.489 e. The van der Waals surface area contributed by atoms with Crippen molar-refractivity contribution in [2.45, 2.75) is 6.92 Å². The molecule has 4 nitrogen and oxygen atoms in total. The normalized spacial score (nSPS) is 14.6. The Kier molecular flexibility index (Phi) is 3.74. The second-order valence-electron chi connectivity index (χ2n) is 5.13. The summed E-state index contributed by atoms with van der Waals surface area (Å²) in [6, 6.07) is 8.87. The molecule has 110 valence electrons. The number of carbonyl (C=O) groups is 1. The molecule has 0 radical (unpaired) electrons. The lowest BCUT2D eigenvalue weighted by molar-refractivity contribution is 0.101. The van der Waals surface area contributed by atoms with E-state index in [4.69, 9.17) is 9.47 Å². The van der Waals surface area contributed by atoms with Crippen LogP contribution in [-0.4, -0.2) is 17.4 Å². The summed E-state index contributed by atoms with van der Waals surface area (Å²) in [4.78, 5) is 16.3. The molecule has 1 aromatic heterocycles. The zero-order valence-corrected chi connectivity index (χ0v) is 12.2. The lowest BCUT2D eigenvalue weighted by Crippen LogP contribution is -1.98. The van der Waals surface area contributed by atoms with E-state index in [9.17, 15) is 4.79 Å². The molecule has 0 aliphatic carbocycles. The predicted molar refractivity (Wildman–Crippen MR) is 83.9 cm³/mol. The van der Waals surface area contributed by atoms with Crippen molar-refractivity contribution in [2.24, 2.45) is 0 Å². The van der Waals surface area contributed by atoms with E-state index in [1.165, 1.54) is 0 Å². The zero-order chi connectivity index (χ0) is 15.5. The molecule has 0 bridgehead atoms. The molecule has 0 spiro atoms. The number of rotatable bonds is 4. The highest BCUT2D eigenvalue weighted by atomic mass is 16.5. The Balaban J connectivity index is 1.84. The van der Waals surface area contributed by atoms with Crippen molar-refractivity contribution in [3.05, 3.63) is 71.8 Å². The van der Waals surface area contributed by atoms with Crippen LogP contribution >= 0.6 is 0 Å². The summed E-state index contributed by atoms with van der Waals surface area (Å²) in [6.07, 6.45) is 5.04. The van der Waals surface area contributed by atoms with Gasteiger partial charge in [-0.15, -0.1) is 0 Å². The van der Waals surface area contributed by atoms with Gasteiger partial charge in [0.15, 0.2) is 5.76 Å². The number of hydrogen-bond donors (Lipinski definition) is 0. The molecule has 22 heavy (non-hydrogen) atoms. The van der Waals surface area contributed by atoms with Crippen LogP contribution in [0.1, 0.15) is 22.8 Å². The van der Waals surface area contributed by atoms with Gasteiger partial charge >= 0.3 is 0 Å². The molecule has 0 saturated carbocycles. The number of nitrogens with zero attached hydrogens (tertiary/aromatic N) is 1. The van der Waals surface area contributed by atoms with Crippen LogP contribution in [0.2, 0.25) is 0 Å². The van der Waals surface area contributed by atoms with Crippen molar-refractivity contribution >= 4 is 11.9 Å². The average molecular weight is 293 g/mol. The number of allylic oxidation sites excluding steroid dienone is 1. The number of Topliss-reactive ketones (excluding diaryl/α,β-unsaturated/α-hetero) is 1. The fraction of sp³-hybridized carbons (Fsp3) is 0.111. The maximum Gasteiger partial charge on any atom is 0.231 e. The van der Waals surface area contributed by atoms with E-state index in [1.807, 2.05) is 19.1 Å². The first-order valence-corrected chi connectivity index (χ1v) is 6.89. The molecule has 0 amide bonds. The summed E-state index contributed by atoms with van der Waals surface area (Å²) >= 11 is 0. The van der Waals surface area contributed by atoms with Crippen molar-refractivity contribution in [2.75, 3.05) is 6.61 Å². The highest BCUT2D eigenvalue weighted by molar-refractivity contribution is 6.14. The summed E-state index contributed by atoms with van der Waals surface area (Å²) in [5.74, 6) is 1.32. The lowest BCUT2D eigenvalue weighted by atomic mass is 10.1. The van der Waals surface area contributed by atoms with E-state index >= 15 is 0 Å². The van der Waals surface area contributed by atoms with E-state index in [0.29, 0.717) is 29.4 Å². The summed E-state index contributed by atoms with van der Waals surface area (Å²) in [6.45, 7) is 6.11. The molecule has 1 aromatic carbocycles. The molecule has 1 aliphatic rings. The highest BCUT2D eigenvalue weighted by Crippen LogP contribution is 2.34. The number of fused-ring (bicyclic) bond motifs is 1. The second kappa shape index (κ2) is 5.85. The Bertz CT molecular complexity index is 763. The van der Waals surface area contributed by atoms with Crippen LogP contribution in [0.3, 0.4) is 0 Å². The van der Waals surface area contributed by atoms with Gasteiger partial charge in [0.2, 0.25) is 5.78 Å². The number of benzene rings is 1. The minimum absolute atomic E-state index is 0.134. The minimum atomic E-state index is -0.134. The number of ketones is 1. The van der Waals surface area contributed by atoms with E-state index in [-0.39, 0.29) is 5.78 Å². The van der Waals surface area contributed by atoms with Gasteiger partial charge in [-0.3, -0.25) is 9.78 Å². The Morgan fingerprint density at radius 3 is 3.00 bits per heavy atom. The highest BCUT2D eigenvalue weighted by Gasteiger charge is 2.27. The van der Waals surface area contributed by atoms with Gasteiger partial charge in [0.05, 0.1) is 5.56 Å². The number of pyridine rings is 1. The third-order valence-corrected chi connectivity index (χ3v) is 3.11. The third-order valence-electron chi connectivity index (χ3n) is 3.11. The van der Waals surface area contributed by atoms with Crippen LogP contribution in [0.15, 0.2) is 60.6 Å². The van der Waals surface area contributed by atoms with Crippen LogP contribution < -0.4 is 9.47 Å². The molecule has 1 aliphatic heterocycles. The largest absolute Gasteiger partial charge is 0.489 e. The number of aromatic nitrogens is 1. The molecule has 3 rings (SSSR count). The first kappa shape index (κ1) is 14.1. The summed E-state index contributed by atoms with van der Waals surface area (Å²) in [5, 5.41) is 0. The summed E-state index contributed by atoms with van der Waals surface area (Å²) < 4.78 is 11.2. The van der Waals surface area contributed by atoms with Gasteiger partial charge in [-0.2, -0.15) is 0 Å². The predicted octanol–water partition coefficient (Wildman–Crippen LogP) is 3.65. The van der Waals surface area contributed by atoms with Crippen molar-refractivity contribution < 1.29 is 14.3 Å². The number of ether oxygens (including phenoxy) is 2. The third kappa shape index (κ3) is 2.91. The molecule has 0 unspecified atom stereocenters. The summed E-state index contributed by atoms with van der Waals surface area (Å²) in [7, 11) is 0. The average Bonchev–Trinajstić information content (AvgIpc) is 2.82. The van der Waals surface area contributed by atoms with Gasteiger partial charge in [0, 0.05) is 18.5 Å². The van der Waals surface area contributed by atoms with E-state index in [1.54, 1.807) is 36.7 Å². The van der Waals surface area contributed by atoms with Crippen LogP contribution in [0, 0.1) is 0 Å². The van der Waals surface area contributed by atoms with Gasteiger partial charge in [-0.05, 0) is 42.3 Å². The first-order chi connectivity index (χ1) is 10.6. The molecule has 0 atom stereocenters. The molecule has 0 fully saturated rings. The van der Waals surface area contributed by atoms with E-state index in [0.717, 1.165) is 11.1 Å². The van der Waals surface area contributed by atoms with E-state index < -0.39 is 0 Å². The molecule has 2 heterocycles. The molecule has 2 aromatic rings. The van der Waals surface area contributed by atoms with E-state index in [2.05, 4.69) is 11.6 Å². The zero-order valence-electron chi connectivity index (χ0n) is 12.2. The molecular weight excluding hydrogens is 278 g/mol. The molecule has 4 heteroatoms. The fourth-order valence-electron chi connectivity index (χ4n) is 2.08. The second-order valence-corrected chi connectivity index (χ2v) is 5.13. The van der Waals surface area contributed by atoms with Crippen LogP contribution in [0.4, 0.5) is 0 Å². The maximum atomic E-state index is 12.3.